The lowest BCUT2D eigenvalue weighted by Crippen LogP contribution is -2.53. The van der Waals surface area contributed by atoms with Gasteiger partial charge in [0.1, 0.15) is 12.6 Å². The molecule has 7 heteroatoms. The van der Waals surface area contributed by atoms with Crippen molar-refractivity contribution in [1.82, 2.24) is 4.90 Å². The Bertz CT molecular complexity index is 496. The highest BCUT2D eigenvalue weighted by Crippen LogP contribution is 2.23. The molecule has 0 aliphatic carbocycles. The number of likely N-dealkylation sites (tertiary alicyclic amines) is 1. The fourth-order valence-electron chi connectivity index (χ4n) is 2.23. The van der Waals surface area contributed by atoms with E-state index >= 15 is 0 Å². The van der Waals surface area contributed by atoms with Crippen LogP contribution in [0.3, 0.4) is 0 Å². The highest BCUT2D eigenvalue weighted by atomic mass is 16.5. The summed E-state index contributed by atoms with van der Waals surface area (Å²) in [6.45, 7) is 6.17. The number of hydrogen-bond donors (Lipinski definition) is 1. The van der Waals surface area contributed by atoms with Crippen molar-refractivity contribution in [2.24, 2.45) is 5.41 Å². The van der Waals surface area contributed by atoms with Gasteiger partial charge in [0.25, 0.3) is 5.91 Å². The molecule has 122 valence electrons. The standard InChI is InChI=1S/C15H21NO6/c1-4-11(17)22-9-15(2,3)12(18)13(19)16-8-6-5-7-10(16)14(20)21/h4,10H,1,5-9H2,2-3H3,(H,20,21)/t10-/m1/s1. The topological polar surface area (TPSA) is 101 Å². The van der Waals surface area contributed by atoms with Crippen LogP contribution in [0.25, 0.3) is 0 Å². The molecule has 1 atom stereocenters. The number of carbonyl (C=O) groups excluding carboxylic acids is 3. The van der Waals surface area contributed by atoms with E-state index in [1.54, 1.807) is 0 Å². The lowest BCUT2D eigenvalue weighted by molar-refractivity contribution is -0.159. The number of aliphatic carboxylic acids is 1. The molecule has 0 bridgehead atoms. The van der Waals surface area contributed by atoms with Gasteiger partial charge in [-0.3, -0.25) is 9.59 Å². The Kier molecular flexibility index (Phi) is 5.84. The third kappa shape index (κ3) is 4.16. The number of hydrogen-bond acceptors (Lipinski definition) is 5. The molecule has 0 spiro atoms. The zero-order valence-electron chi connectivity index (χ0n) is 12.8. The van der Waals surface area contributed by atoms with Crippen molar-refractivity contribution in [1.29, 1.82) is 0 Å². The molecule has 1 heterocycles. The van der Waals surface area contributed by atoms with E-state index in [-0.39, 0.29) is 13.2 Å². The van der Waals surface area contributed by atoms with Crippen molar-refractivity contribution in [3.63, 3.8) is 0 Å². The van der Waals surface area contributed by atoms with Crippen molar-refractivity contribution < 1.29 is 29.0 Å². The number of amides is 1. The van der Waals surface area contributed by atoms with Crippen LogP contribution in [0.15, 0.2) is 12.7 Å². The molecule has 0 aromatic heterocycles. The van der Waals surface area contributed by atoms with Gasteiger partial charge in [-0.25, -0.2) is 9.59 Å². The average molecular weight is 311 g/mol. The number of esters is 1. The summed E-state index contributed by atoms with van der Waals surface area (Å²) in [5, 5.41) is 9.16. The monoisotopic (exact) mass is 311 g/mol. The van der Waals surface area contributed by atoms with Crippen molar-refractivity contribution >= 4 is 23.6 Å². The zero-order chi connectivity index (χ0) is 16.9. The van der Waals surface area contributed by atoms with Gasteiger partial charge in [0.15, 0.2) is 0 Å². The van der Waals surface area contributed by atoms with Gasteiger partial charge in [-0.1, -0.05) is 6.58 Å². The average Bonchev–Trinajstić information content (AvgIpc) is 2.51. The van der Waals surface area contributed by atoms with Crippen LogP contribution < -0.4 is 0 Å². The largest absolute Gasteiger partial charge is 0.480 e. The second-order valence-corrected chi connectivity index (χ2v) is 5.87. The molecule has 0 saturated carbocycles. The normalized spacial score (nSPS) is 18.5. The van der Waals surface area contributed by atoms with E-state index in [0.717, 1.165) is 11.0 Å². The first kappa shape index (κ1) is 17.9. The number of nitrogens with zero attached hydrogens (tertiary/aromatic N) is 1. The Labute approximate surface area is 128 Å². The van der Waals surface area contributed by atoms with Crippen molar-refractivity contribution in [2.45, 2.75) is 39.2 Å². The number of carboxylic acids is 1. The van der Waals surface area contributed by atoms with Crippen LogP contribution in [-0.2, 0) is 23.9 Å². The SMILES string of the molecule is C=CC(=O)OCC(C)(C)C(=O)C(=O)N1CCCC[C@@H]1C(=O)O. The number of Topliss-reactive ketones (excluding diaryl/α,β-unsaturated/α-hetero) is 1. The van der Waals surface area contributed by atoms with Crippen LogP contribution in [-0.4, -0.2) is 52.8 Å². The number of ketones is 1. The summed E-state index contributed by atoms with van der Waals surface area (Å²) >= 11 is 0. The van der Waals surface area contributed by atoms with Gasteiger partial charge in [0, 0.05) is 12.6 Å². The maximum atomic E-state index is 12.3. The highest BCUT2D eigenvalue weighted by Gasteiger charge is 2.41. The molecular weight excluding hydrogens is 290 g/mol. The molecule has 7 nitrogen and oxygen atoms in total. The fourth-order valence-corrected chi connectivity index (χ4v) is 2.23. The summed E-state index contributed by atoms with van der Waals surface area (Å²) in [6.07, 6.45) is 2.66. The molecule has 1 fully saturated rings. The van der Waals surface area contributed by atoms with Crippen molar-refractivity contribution in [2.75, 3.05) is 13.2 Å². The summed E-state index contributed by atoms with van der Waals surface area (Å²) in [6, 6.07) is -0.975. The fraction of sp³-hybridized carbons (Fsp3) is 0.600. The summed E-state index contributed by atoms with van der Waals surface area (Å²) in [4.78, 5) is 48.0. The summed E-state index contributed by atoms with van der Waals surface area (Å²) in [5.41, 5.74) is -1.23. The van der Waals surface area contributed by atoms with Gasteiger partial charge in [-0.2, -0.15) is 0 Å². The Morgan fingerprint density at radius 3 is 2.50 bits per heavy atom. The van der Waals surface area contributed by atoms with Crippen molar-refractivity contribution in [3.8, 4) is 0 Å². The van der Waals surface area contributed by atoms with E-state index in [4.69, 9.17) is 9.84 Å². The smallest absolute Gasteiger partial charge is 0.330 e. The third-order valence-corrected chi connectivity index (χ3v) is 3.60. The molecule has 1 saturated heterocycles. The minimum Gasteiger partial charge on any atom is -0.480 e. The maximum absolute atomic E-state index is 12.3. The third-order valence-electron chi connectivity index (χ3n) is 3.60. The molecule has 0 unspecified atom stereocenters. The number of carbonyl (C=O) groups is 4. The predicted octanol–water partition coefficient (Wildman–Crippen LogP) is 0.777. The Morgan fingerprint density at radius 1 is 1.32 bits per heavy atom. The second-order valence-electron chi connectivity index (χ2n) is 5.87. The van der Waals surface area contributed by atoms with Gasteiger partial charge in [-0.15, -0.1) is 0 Å². The van der Waals surface area contributed by atoms with Crippen LogP contribution in [0.1, 0.15) is 33.1 Å². The maximum Gasteiger partial charge on any atom is 0.330 e. The van der Waals surface area contributed by atoms with Crippen LogP contribution in [0.5, 0.6) is 0 Å². The molecular formula is C15H21NO6. The van der Waals surface area contributed by atoms with Crippen LogP contribution in [0, 0.1) is 5.41 Å². The Morgan fingerprint density at radius 2 is 1.95 bits per heavy atom. The molecule has 0 radical (unpaired) electrons. The van der Waals surface area contributed by atoms with E-state index in [2.05, 4.69) is 6.58 Å². The first-order valence-electron chi connectivity index (χ1n) is 7.08. The summed E-state index contributed by atoms with van der Waals surface area (Å²) in [7, 11) is 0. The first-order valence-corrected chi connectivity index (χ1v) is 7.08. The van der Waals surface area contributed by atoms with Crippen LogP contribution in [0.2, 0.25) is 0 Å². The van der Waals surface area contributed by atoms with Gasteiger partial charge >= 0.3 is 11.9 Å². The van der Waals surface area contributed by atoms with E-state index in [1.807, 2.05) is 0 Å². The molecule has 1 aliphatic rings. The first-order chi connectivity index (χ1) is 10.2. The quantitative estimate of drug-likeness (QED) is 0.442. The molecule has 0 aromatic carbocycles. The molecule has 1 rings (SSSR count). The van der Waals surface area contributed by atoms with Crippen molar-refractivity contribution in [3.05, 3.63) is 12.7 Å². The number of rotatable bonds is 6. The summed E-state index contributed by atoms with van der Waals surface area (Å²) < 4.78 is 4.82. The van der Waals surface area contributed by atoms with Crippen LogP contribution >= 0.6 is 0 Å². The second kappa shape index (κ2) is 7.20. The number of piperidine rings is 1. The lowest BCUT2D eigenvalue weighted by Gasteiger charge is -2.34. The number of carboxylic acid groups (broad SMARTS) is 1. The minimum atomic E-state index is -1.23. The van der Waals surface area contributed by atoms with E-state index in [9.17, 15) is 19.2 Å². The van der Waals surface area contributed by atoms with E-state index in [0.29, 0.717) is 19.3 Å². The molecule has 1 amide bonds. The molecule has 0 aromatic rings. The van der Waals surface area contributed by atoms with Gasteiger partial charge in [0.05, 0.1) is 5.41 Å². The molecule has 1 N–H and O–H groups in total. The van der Waals surface area contributed by atoms with Gasteiger partial charge < -0.3 is 14.7 Å². The van der Waals surface area contributed by atoms with E-state index in [1.165, 1.54) is 13.8 Å². The van der Waals surface area contributed by atoms with E-state index < -0.39 is 35.1 Å². The Hall–Kier alpha value is -2.18. The highest BCUT2D eigenvalue weighted by molar-refractivity contribution is 6.38. The van der Waals surface area contributed by atoms with Gasteiger partial charge in [-0.05, 0) is 33.1 Å². The zero-order valence-corrected chi connectivity index (χ0v) is 12.8. The van der Waals surface area contributed by atoms with Gasteiger partial charge in [0.2, 0.25) is 5.78 Å². The lowest BCUT2D eigenvalue weighted by atomic mass is 9.87. The minimum absolute atomic E-state index is 0.240. The summed E-state index contributed by atoms with van der Waals surface area (Å²) in [5.74, 6) is -3.41. The molecule has 22 heavy (non-hydrogen) atoms. The van der Waals surface area contributed by atoms with Crippen LogP contribution in [0.4, 0.5) is 0 Å². The number of ether oxygens (including phenoxy) is 1. The predicted molar refractivity (Wildman–Crippen MR) is 76.9 cm³/mol. The molecule has 1 aliphatic heterocycles. The Balaban J connectivity index is 2.81.